The second-order valence-electron chi connectivity index (χ2n) is 5.43. The molecule has 2 nitrogen and oxygen atoms in total. The van der Waals surface area contributed by atoms with E-state index in [9.17, 15) is 23.1 Å². The number of halogens is 3. The molecule has 0 aliphatic heterocycles. The Balaban J connectivity index is 1.97. The fourth-order valence-corrected chi connectivity index (χ4v) is 2.74. The van der Waals surface area contributed by atoms with Gasteiger partial charge in [0.05, 0.1) is 5.56 Å². The molecule has 0 bridgehead atoms. The summed E-state index contributed by atoms with van der Waals surface area (Å²) in [6.07, 6.45) is -2.05. The smallest absolute Gasteiger partial charge is 0.416 e. The van der Waals surface area contributed by atoms with Crippen molar-refractivity contribution in [1.82, 2.24) is 0 Å². The van der Waals surface area contributed by atoms with Gasteiger partial charge in [0.25, 0.3) is 0 Å². The number of fused-ring (bicyclic) bond motifs is 1. The van der Waals surface area contributed by atoms with Crippen LogP contribution in [0.25, 0.3) is 6.08 Å². The van der Waals surface area contributed by atoms with E-state index in [1.165, 1.54) is 24.3 Å². The molecule has 0 saturated carbocycles. The average Bonchev–Trinajstić information content (AvgIpc) is 2.50. The topological polar surface area (TPSA) is 37.3 Å². The number of alkyl halides is 3. The number of hydrogen-bond donors (Lipinski definition) is 1. The van der Waals surface area contributed by atoms with Gasteiger partial charge in [-0.3, -0.25) is 4.79 Å². The zero-order chi connectivity index (χ0) is 16.6. The lowest BCUT2D eigenvalue weighted by Crippen LogP contribution is -2.14. The van der Waals surface area contributed by atoms with Gasteiger partial charge in [-0.25, -0.2) is 0 Å². The normalized spacial score (nSPS) is 16.5. The molecule has 2 aromatic carbocycles. The van der Waals surface area contributed by atoms with Gasteiger partial charge in [-0.2, -0.15) is 13.2 Å². The number of ketones is 1. The second-order valence-corrected chi connectivity index (χ2v) is 5.43. The Morgan fingerprint density at radius 3 is 2.52 bits per heavy atom. The van der Waals surface area contributed by atoms with Crippen LogP contribution in [0.2, 0.25) is 0 Å². The van der Waals surface area contributed by atoms with Crippen molar-refractivity contribution in [2.45, 2.75) is 19.0 Å². The van der Waals surface area contributed by atoms with Crippen LogP contribution < -0.4 is 0 Å². The highest BCUT2D eigenvalue weighted by Crippen LogP contribution is 2.33. The summed E-state index contributed by atoms with van der Waals surface area (Å²) in [5.41, 5.74) is 1.05. The van der Waals surface area contributed by atoms with E-state index in [0.717, 1.165) is 12.1 Å². The molecule has 0 fully saturated rings. The largest absolute Gasteiger partial charge is 0.508 e. The van der Waals surface area contributed by atoms with Crippen molar-refractivity contribution in [3.63, 3.8) is 0 Å². The lowest BCUT2D eigenvalue weighted by atomic mass is 9.85. The summed E-state index contributed by atoms with van der Waals surface area (Å²) in [6.45, 7) is 0. The Morgan fingerprint density at radius 1 is 1.04 bits per heavy atom. The minimum Gasteiger partial charge on any atom is -0.508 e. The zero-order valence-electron chi connectivity index (χ0n) is 12.0. The van der Waals surface area contributed by atoms with Gasteiger partial charge in [0.1, 0.15) is 5.75 Å². The van der Waals surface area contributed by atoms with Gasteiger partial charge in [-0.15, -0.1) is 0 Å². The highest BCUT2D eigenvalue weighted by atomic mass is 19.4. The maximum atomic E-state index is 12.7. The summed E-state index contributed by atoms with van der Waals surface area (Å²) in [6, 6.07) is 9.61. The Hall–Kier alpha value is -2.56. The number of allylic oxidation sites excluding steroid dienone is 1. The highest BCUT2D eigenvalue weighted by Gasteiger charge is 2.30. The van der Waals surface area contributed by atoms with Crippen molar-refractivity contribution in [2.24, 2.45) is 0 Å². The first-order chi connectivity index (χ1) is 10.9. The standard InChI is InChI=1S/C18H13F3O2/c19-18(20,21)13-4-1-3-11(10-13)9-12-7-8-14-15(17(12)23)5-2-6-16(14)22/h1-6,9-10,22H,7-8H2/b12-9+. The first-order valence-electron chi connectivity index (χ1n) is 7.09. The molecule has 5 heteroatoms. The number of phenols is 1. The molecular formula is C18H13F3O2. The number of carbonyl (C=O) groups excluding carboxylic acids is 1. The Bertz CT molecular complexity index is 804. The first kappa shape index (κ1) is 15.3. The molecule has 0 saturated heterocycles. The maximum Gasteiger partial charge on any atom is 0.416 e. The second kappa shape index (κ2) is 5.57. The van der Waals surface area contributed by atoms with E-state index in [-0.39, 0.29) is 11.5 Å². The van der Waals surface area contributed by atoms with Gasteiger partial charge in [0.2, 0.25) is 0 Å². The lowest BCUT2D eigenvalue weighted by Gasteiger charge is -2.18. The molecule has 0 spiro atoms. The molecule has 0 radical (unpaired) electrons. The Morgan fingerprint density at radius 2 is 1.78 bits per heavy atom. The van der Waals surface area contributed by atoms with Crippen LogP contribution in [-0.4, -0.2) is 10.9 Å². The third kappa shape index (κ3) is 2.99. The maximum absolute atomic E-state index is 12.7. The van der Waals surface area contributed by atoms with Gasteiger partial charge < -0.3 is 5.11 Å². The van der Waals surface area contributed by atoms with Crippen LogP contribution in [0.5, 0.6) is 5.75 Å². The highest BCUT2D eigenvalue weighted by molar-refractivity contribution is 6.13. The molecule has 1 aliphatic rings. The predicted molar refractivity (Wildman–Crippen MR) is 80.2 cm³/mol. The number of carbonyl (C=O) groups is 1. The summed E-state index contributed by atoms with van der Waals surface area (Å²) in [5, 5.41) is 9.78. The number of Topliss-reactive ketones (excluding diaryl/α,β-unsaturated/α-hetero) is 1. The monoisotopic (exact) mass is 318 g/mol. The van der Waals surface area contributed by atoms with Gasteiger partial charge in [0.15, 0.2) is 5.78 Å². The van der Waals surface area contributed by atoms with Crippen molar-refractivity contribution in [3.8, 4) is 5.75 Å². The van der Waals surface area contributed by atoms with Crippen LogP contribution in [0, 0.1) is 0 Å². The van der Waals surface area contributed by atoms with Crippen molar-refractivity contribution >= 4 is 11.9 Å². The third-order valence-corrected chi connectivity index (χ3v) is 3.89. The molecule has 0 amide bonds. The van der Waals surface area contributed by atoms with Gasteiger partial charge in [-0.05, 0) is 42.7 Å². The van der Waals surface area contributed by atoms with Crippen LogP contribution in [0.1, 0.15) is 33.5 Å². The number of hydrogen-bond acceptors (Lipinski definition) is 2. The number of phenolic OH excluding ortho intramolecular Hbond substituents is 1. The van der Waals surface area contributed by atoms with Crippen molar-refractivity contribution < 1.29 is 23.1 Å². The van der Waals surface area contributed by atoms with Crippen LogP contribution in [0.4, 0.5) is 13.2 Å². The number of aromatic hydroxyl groups is 1. The molecule has 0 unspecified atom stereocenters. The van der Waals surface area contributed by atoms with Crippen LogP contribution in [0.3, 0.4) is 0 Å². The summed E-state index contributed by atoms with van der Waals surface area (Å²) in [4.78, 5) is 12.5. The summed E-state index contributed by atoms with van der Waals surface area (Å²) < 4.78 is 38.2. The quantitative estimate of drug-likeness (QED) is 0.779. The molecule has 23 heavy (non-hydrogen) atoms. The van der Waals surface area contributed by atoms with Crippen molar-refractivity contribution in [3.05, 3.63) is 70.3 Å². The van der Waals surface area contributed by atoms with E-state index in [4.69, 9.17) is 0 Å². The van der Waals surface area contributed by atoms with E-state index in [2.05, 4.69) is 0 Å². The van der Waals surface area contributed by atoms with Gasteiger partial charge >= 0.3 is 6.18 Å². The van der Waals surface area contributed by atoms with E-state index in [1.54, 1.807) is 12.1 Å². The molecule has 118 valence electrons. The third-order valence-electron chi connectivity index (χ3n) is 3.89. The Kier molecular flexibility index (Phi) is 3.72. The minimum absolute atomic E-state index is 0.0777. The molecule has 2 aromatic rings. The summed E-state index contributed by atoms with van der Waals surface area (Å²) in [7, 11) is 0. The van der Waals surface area contributed by atoms with Crippen molar-refractivity contribution in [2.75, 3.05) is 0 Å². The first-order valence-corrected chi connectivity index (χ1v) is 7.09. The fraction of sp³-hybridized carbons (Fsp3) is 0.167. The molecule has 0 heterocycles. The summed E-state index contributed by atoms with van der Waals surface area (Å²) >= 11 is 0. The molecular weight excluding hydrogens is 305 g/mol. The molecule has 0 aromatic heterocycles. The van der Waals surface area contributed by atoms with Crippen molar-refractivity contribution in [1.29, 1.82) is 0 Å². The molecule has 3 rings (SSSR count). The number of benzene rings is 2. The van der Waals surface area contributed by atoms with Gasteiger partial charge in [0, 0.05) is 16.7 Å². The van der Waals surface area contributed by atoms with E-state index >= 15 is 0 Å². The van der Waals surface area contributed by atoms with E-state index in [1.807, 2.05) is 0 Å². The van der Waals surface area contributed by atoms with Crippen LogP contribution in [-0.2, 0) is 12.6 Å². The molecule has 0 atom stereocenters. The average molecular weight is 318 g/mol. The van der Waals surface area contributed by atoms with Gasteiger partial charge in [-0.1, -0.05) is 24.3 Å². The number of rotatable bonds is 1. The van der Waals surface area contributed by atoms with Crippen LogP contribution in [0.15, 0.2) is 48.0 Å². The molecule has 1 aliphatic carbocycles. The predicted octanol–water partition coefficient (Wildman–Crippen LogP) is 4.62. The van der Waals surface area contributed by atoms with Crippen LogP contribution >= 0.6 is 0 Å². The summed E-state index contributed by atoms with van der Waals surface area (Å²) in [5.74, 6) is -0.173. The SMILES string of the molecule is O=C1/C(=C/c2cccc(C(F)(F)F)c2)CCc2c(O)cccc21. The lowest BCUT2D eigenvalue weighted by molar-refractivity contribution is -0.137. The van der Waals surface area contributed by atoms with E-state index < -0.39 is 11.7 Å². The zero-order valence-corrected chi connectivity index (χ0v) is 12.0. The molecule has 1 N–H and O–H groups in total. The Labute approximate surface area is 130 Å². The minimum atomic E-state index is -4.41. The van der Waals surface area contributed by atoms with E-state index in [0.29, 0.717) is 35.1 Å². The fourth-order valence-electron chi connectivity index (χ4n) is 2.74.